The molecule has 2 aromatic carbocycles. The fraction of sp³-hybridized carbons (Fsp3) is 0.0769. The molecule has 0 atom stereocenters. The molecule has 0 aromatic heterocycles. The zero-order valence-corrected chi connectivity index (χ0v) is 10.7. The van der Waals surface area contributed by atoms with Crippen LogP contribution < -0.4 is 5.32 Å². The van der Waals surface area contributed by atoms with E-state index in [9.17, 15) is 8.78 Å². The van der Waals surface area contributed by atoms with E-state index >= 15 is 0 Å². The highest BCUT2D eigenvalue weighted by Gasteiger charge is 2.04. The van der Waals surface area contributed by atoms with Gasteiger partial charge < -0.3 is 5.32 Å². The Bertz CT molecular complexity index is 573. The van der Waals surface area contributed by atoms with Crippen LogP contribution in [0.5, 0.6) is 0 Å². The monoisotopic (exact) mass is 287 g/mol. The van der Waals surface area contributed by atoms with E-state index in [1.807, 2.05) is 0 Å². The third-order valence-electron chi connectivity index (χ3n) is 2.40. The van der Waals surface area contributed by atoms with Crippen molar-refractivity contribution < 1.29 is 8.78 Å². The number of anilines is 1. The van der Waals surface area contributed by atoms with Gasteiger partial charge in [-0.15, -0.1) is 0 Å². The van der Waals surface area contributed by atoms with Gasteiger partial charge in [0.25, 0.3) is 0 Å². The van der Waals surface area contributed by atoms with Gasteiger partial charge in [0.15, 0.2) is 0 Å². The summed E-state index contributed by atoms with van der Waals surface area (Å²) in [5.74, 6) is -0.909. The van der Waals surface area contributed by atoms with Gasteiger partial charge in [0.1, 0.15) is 11.6 Å². The van der Waals surface area contributed by atoms with Crippen molar-refractivity contribution in [1.82, 2.24) is 0 Å². The Kier molecular flexibility index (Phi) is 4.04. The molecule has 0 aliphatic rings. The molecule has 0 aliphatic heterocycles. The first-order valence-electron chi connectivity index (χ1n) is 5.19. The summed E-state index contributed by atoms with van der Waals surface area (Å²) in [6.07, 6.45) is 0. The quantitative estimate of drug-likeness (QED) is 0.848. The molecule has 0 bridgehead atoms. The second kappa shape index (κ2) is 5.55. The van der Waals surface area contributed by atoms with E-state index in [0.717, 1.165) is 5.56 Å². The molecule has 0 aliphatic carbocycles. The van der Waals surface area contributed by atoms with Crippen LogP contribution in [-0.2, 0) is 6.54 Å². The summed E-state index contributed by atoms with van der Waals surface area (Å²) < 4.78 is 26.4. The molecular weight excluding hydrogens is 279 g/mol. The van der Waals surface area contributed by atoms with Crippen molar-refractivity contribution in [3.63, 3.8) is 0 Å². The van der Waals surface area contributed by atoms with Crippen molar-refractivity contribution in [3.05, 3.63) is 63.6 Å². The highest BCUT2D eigenvalue weighted by Crippen LogP contribution is 2.21. The zero-order chi connectivity index (χ0) is 13.1. The van der Waals surface area contributed by atoms with Gasteiger partial charge in [0, 0.05) is 11.6 Å². The minimum Gasteiger partial charge on any atom is -0.379 e. The maximum Gasteiger partial charge on any atom is 0.147 e. The number of nitrogens with one attached hydrogen (secondary N) is 1. The Hall–Kier alpha value is -1.32. The molecular formula is C13H9Cl2F2N. The molecule has 0 heterocycles. The predicted octanol–water partition coefficient (Wildman–Crippen LogP) is 4.88. The van der Waals surface area contributed by atoms with Crippen molar-refractivity contribution in [3.8, 4) is 0 Å². The Morgan fingerprint density at radius 1 is 0.944 bits per heavy atom. The normalized spacial score (nSPS) is 10.4. The molecule has 2 rings (SSSR count). The molecule has 0 radical (unpaired) electrons. The van der Waals surface area contributed by atoms with Gasteiger partial charge in [0.2, 0.25) is 0 Å². The van der Waals surface area contributed by atoms with Crippen LogP contribution in [0.2, 0.25) is 10.0 Å². The summed E-state index contributed by atoms with van der Waals surface area (Å²) in [5.41, 5.74) is 1.09. The Morgan fingerprint density at radius 3 is 2.39 bits per heavy atom. The number of hydrogen-bond donors (Lipinski definition) is 1. The third-order valence-corrected chi connectivity index (χ3v) is 2.92. The zero-order valence-electron chi connectivity index (χ0n) is 9.18. The van der Waals surface area contributed by atoms with E-state index in [2.05, 4.69) is 5.32 Å². The van der Waals surface area contributed by atoms with Gasteiger partial charge >= 0.3 is 0 Å². The molecule has 5 heteroatoms. The minimum absolute atomic E-state index is 0.0471. The lowest BCUT2D eigenvalue weighted by atomic mass is 10.2. The summed E-state index contributed by atoms with van der Waals surface area (Å²) in [7, 11) is 0. The van der Waals surface area contributed by atoms with Crippen LogP contribution >= 0.6 is 23.2 Å². The summed E-state index contributed by atoms with van der Waals surface area (Å²) in [4.78, 5) is 0. The smallest absolute Gasteiger partial charge is 0.147 e. The van der Waals surface area contributed by atoms with Gasteiger partial charge in [-0.05, 0) is 35.9 Å². The van der Waals surface area contributed by atoms with Crippen molar-refractivity contribution >= 4 is 28.9 Å². The topological polar surface area (TPSA) is 12.0 Å². The molecule has 18 heavy (non-hydrogen) atoms. The molecule has 0 spiro atoms. The van der Waals surface area contributed by atoms with Gasteiger partial charge in [0.05, 0.1) is 10.7 Å². The van der Waals surface area contributed by atoms with Gasteiger partial charge in [-0.1, -0.05) is 29.3 Å². The molecule has 0 unspecified atom stereocenters. The van der Waals surface area contributed by atoms with E-state index in [-0.39, 0.29) is 5.02 Å². The lowest BCUT2D eigenvalue weighted by Gasteiger charge is -2.08. The lowest BCUT2D eigenvalue weighted by Crippen LogP contribution is -2.01. The van der Waals surface area contributed by atoms with Crippen LogP contribution in [0.4, 0.5) is 14.5 Å². The summed E-state index contributed by atoms with van der Waals surface area (Å²) >= 11 is 11.3. The fourth-order valence-electron chi connectivity index (χ4n) is 1.48. The van der Waals surface area contributed by atoms with Crippen molar-refractivity contribution in [2.75, 3.05) is 5.32 Å². The summed E-state index contributed by atoms with van der Waals surface area (Å²) in [6, 6.07) is 8.71. The molecule has 2 aromatic rings. The van der Waals surface area contributed by atoms with E-state index < -0.39 is 11.6 Å². The SMILES string of the molecule is Fc1ccc(CNc2ccc(Cl)cc2F)cc1Cl. The Balaban J connectivity index is 2.09. The van der Waals surface area contributed by atoms with Crippen molar-refractivity contribution in [1.29, 1.82) is 0 Å². The average Bonchev–Trinajstić information content (AvgIpc) is 2.32. The number of benzene rings is 2. The second-order valence-corrected chi connectivity index (χ2v) is 4.57. The van der Waals surface area contributed by atoms with Gasteiger partial charge in [-0.3, -0.25) is 0 Å². The first-order chi connectivity index (χ1) is 8.56. The van der Waals surface area contributed by atoms with E-state index in [1.54, 1.807) is 18.2 Å². The van der Waals surface area contributed by atoms with Crippen LogP contribution in [0, 0.1) is 11.6 Å². The maximum absolute atomic E-state index is 13.5. The van der Waals surface area contributed by atoms with Crippen LogP contribution in [0.1, 0.15) is 5.56 Å². The van der Waals surface area contributed by atoms with Crippen LogP contribution in [0.3, 0.4) is 0 Å². The number of halogens is 4. The lowest BCUT2D eigenvalue weighted by molar-refractivity contribution is 0.626. The Labute approximate surface area is 113 Å². The predicted molar refractivity (Wildman–Crippen MR) is 70.1 cm³/mol. The van der Waals surface area contributed by atoms with Gasteiger partial charge in [-0.25, -0.2) is 8.78 Å². The molecule has 0 saturated carbocycles. The standard InChI is InChI=1S/C13H9Cl2F2N/c14-9-2-4-13(12(17)6-9)18-7-8-1-3-11(16)10(15)5-8/h1-6,18H,7H2. The maximum atomic E-state index is 13.5. The molecule has 0 fully saturated rings. The third kappa shape index (κ3) is 3.12. The van der Waals surface area contributed by atoms with Gasteiger partial charge in [-0.2, -0.15) is 0 Å². The minimum atomic E-state index is -0.474. The first-order valence-corrected chi connectivity index (χ1v) is 5.95. The highest BCUT2D eigenvalue weighted by atomic mass is 35.5. The second-order valence-electron chi connectivity index (χ2n) is 3.73. The number of rotatable bonds is 3. The van der Waals surface area contributed by atoms with Crippen molar-refractivity contribution in [2.45, 2.75) is 6.54 Å². The summed E-state index contributed by atoms with van der Waals surface area (Å²) in [6.45, 7) is 0.346. The molecule has 0 amide bonds. The molecule has 1 N–H and O–H groups in total. The molecule has 94 valence electrons. The van der Waals surface area contributed by atoms with Crippen LogP contribution in [0.25, 0.3) is 0 Å². The molecule has 1 nitrogen and oxygen atoms in total. The summed E-state index contributed by atoms with van der Waals surface area (Å²) in [5, 5.41) is 3.27. The largest absolute Gasteiger partial charge is 0.379 e. The van der Waals surface area contributed by atoms with E-state index in [0.29, 0.717) is 17.3 Å². The van der Waals surface area contributed by atoms with Crippen molar-refractivity contribution in [2.24, 2.45) is 0 Å². The highest BCUT2D eigenvalue weighted by molar-refractivity contribution is 6.31. The van der Waals surface area contributed by atoms with Crippen LogP contribution in [0.15, 0.2) is 36.4 Å². The van der Waals surface area contributed by atoms with Crippen LogP contribution in [-0.4, -0.2) is 0 Å². The van der Waals surface area contributed by atoms with E-state index in [1.165, 1.54) is 18.2 Å². The average molecular weight is 288 g/mol. The number of hydrogen-bond acceptors (Lipinski definition) is 1. The van der Waals surface area contributed by atoms with E-state index in [4.69, 9.17) is 23.2 Å². The fourth-order valence-corrected chi connectivity index (χ4v) is 1.84. The Morgan fingerprint density at radius 2 is 1.72 bits per heavy atom. The molecule has 0 saturated heterocycles. The first kappa shape index (κ1) is 13.1.